The van der Waals surface area contributed by atoms with Gasteiger partial charge in [-0.2, -0.15) is 0 Å². The van der Waals surface area contributed by atoms with Crippen LogP contribution in [-0.4, -0.2) is 15.9 Å². The van der Waals surface area contributed by atoms with Gasteiger partial charge in [0.25, 0.3) is 0 Å². The summed E-state index contributed by atoms with van der Waals surface area (Å²) < 4.78 is 0. The van der Waals surface area contributed by atoms with Crippen molar-refractivity contribution >= 4 is 23.1 Å². The number of nitrogens with one attached hydrogen (secondary N) is 2. The Kier molecular flexibility index (Phi) is 4.10. The van der Waals surface area contributed by atoms with Crippen LogP contribution in [0.3, 0.4) is 0 Å². The first-order valence-electron chi connectivity index (χ1n) is 6.19. The molecule has 5 heteroatoms. The van der Waals surface area contributed by atoms with Gasteiger partial charge in [-0.15, -0.1) is 0 Å². The zero-order valence-corrected chi connectivity index (χ0v) is 11.5. The molecule has 0 atom stereocenters. The summed E-state index contributed by atoms with van der Waals surface area (Å²) in [4.78, 5) is 19.8. The highest BCUT2D eigenvalue weighted by Gasteiger charge is 2.03. The fraction of sp³-hybridized carbons (Fsp3) is 0.133. The van der Waals surface area contributed by atoms with Crippen LogP contribution in [0.15, 0.2) is 43.1 Å². The minimum absolute atomic E-state index is 0.240. The highest BCUT2D eigenvalue weighted by atomic mass is 16.1. The van der Waals surface area contributed by atoms with E-state index in [2.05, 4.69) is 27.2 Å². The van der Waals surface area contributed by atoms with Crippen molar-refractivity contribution in [2.24, 2.45) is 0 Å². The third-order valence-corrected chi connectivity index (χ3v) is 2.67. The van der Waals surface area contributed by atoms with Crippen LogP contribution in [0.4, 0.5) is 17.2 Å². The molecule has 2 aromatic rings. The second-order valence-corrected chi connectivity index (χ2v) is 4.35. The fourth-order valence-electron chi connectivity index (χ4n) is 1.66. The molecule has 1 aromatic carbocycles. The smallest absolute Gasteiger partial charge is 0.247 e. The molecule has 0 saturated heterocycles. The Morgan fingerprint density at radius 1 is 1.30 bits per heavy atom. The first-order chi connectivity index (χ1) is 9.58. The lowest BCUT2D eigenvalue weighted by atomic mass is 10.2. The normalized spacial score (nSPS) is 9.90. The SMILES string of the molecule is C=CC(=O)Nc1cccc(Nc2nc(C)ncc2C)c1. The summed E-state index contributed by atoms with van der Waals surface area (Å²) in [5.41, 5.74) is 2.49. The van der Waals surface area contributed by atoms with E-state index in [9.17, 15) is 4.79 Å². The lowest BCUT2D eigenvalue weighted by Crippen LogP contribution is -2.07. The van der Waals surface area contributed by atoms with Gasteiger partial charge >= 0.3 is 0 Å². The molecule has 0 bridgehead atoms. The van der Waals surface area contributed by atoms with Crippen LogP contribution in [0.25, 0.3) is 0 Å². The molecule has 1 heterocycles. The van der Waals surface area contributed by atoms with Crippen molar-refractivity contribution in [1.82, 2.24) is 9.97 Å². The number of aromatic nitrogens is 2. The number of hydrogen-bond donors (Lipinski definition) is 2. The van der Waals surface area contributed by atoms with Gasteiger partial charge in [0.15, 0.2) is 0 Å². The Morgan fingerprint density at radius 3 is 2.80 bits per heavy atom. The summed E-state index contributed by atoms with van der Waals surface area (Å²) in [6.07, 6.45) is 3.01. The van der Waals surface area contributed by atoms with Crippen LogP contribution in [-0.2, 0) is 4.79 Å². The molecule has 0 saturated carbocycles. The largest absolute Gasteiger partial charge is 0.340 e. The second-order valence-electron chi connectivity index (χ2n) is 4.35. The van der Waals surface area contributed by atoms with E-state index in [-0.39, 0.29) is 5.91 Å². The van der Waals surface area contributed by atoms with Gasteiger partial charge in [-0.3, -0.25) is 4.79 Å². The van der Waals surface area contributed by atoms with E-state index in [0.29, 0.717) is 11.5 Å². The molecule has 0 fully saturated rings. The maximum atomic E-state index is 11.3. The molecular weight excluding hydrogens is 252 g/mol. The van der Waals surface area contributed by atoms with E-state index >= 15 is 0 Å². The predicted molar refractivity (Wildman–Crippen MR) is 80.1 cm³/mol. The fourth-order valence-corrected chi connectivity index (χ4v) is 1.66. The molecule has 0 aliphatic heterocycles. The average Bonchev–Trinajstić information content (AvgIpc) is 2.43. The molecule has 5 nitrogen and oxygen atoms in total. The van der Waals surface area contributed by atoms with E-state index in [4.69, 9.17) is 0 Å². The first kappa shape index (κ1) is 13.7. The molecule has 0 spiro atoms. The molecule has 1 amide bonds. The number of carbonyl (C=O) groups excluding carboxylic acids is 1. The lowest BCUT2D eigenvalue weighted by Gasteiger charge is -2.10. The van der Waals surface area contributed by atoms with E-state index in [1.807, 2.05) is 38.1 Å². The van der Waals surface area contributed by atoms with Gasteiger partial charge < -0.3 is 10.6 Å². The van der Waals surface area contributed by atoms with Crippen molar-refractivity contribution in [2.75, 3.05) is 10.6 Å². The molecule has 20 heavy (non-hydrogen) atoms. The van der Waals surface area contributed by atoms with Crippen molar-refractivity contribution in [3.63, 3.8) is 0 Å². The molecule has 2 rings (SSSR count). The Bertz CT molecular complexity index is 652. The summed E-state index contributed by atoms with van der Waals surface area (Å²) in [5.74, 6) is 1.22. The number of aryl methyl sites for hydroxylation is 2. The van der Waals surface area contributed by atoms with Crippen LogP contribution in [0.2, 0.25) is 0 Å². The standard InChI is InChI=1S/C15H16N4O/c1-4-14(20)18-12-6-5-7-13(8-12)19-15-10(2)9-16-11(3)17-15/h4-9H,1H2,2-3H3,(H,18,20)(H,16,17,19). The van der Waals surface area contributed by atoms with Crippen molar-refractivity contribution in [3.05, 3.63) is 54.5 Å². The summed E-state index contributed by atoms with van der Waals surface area (Å²) in [6, 6.07) is 7.40. The molecule has 0 aliphatic rings. The topological polar surface area (TPSA) is 66.9 Å². The first-order valence-corrected chi connectivity index (χ1v) is 6.19. The molecule has 0 aliphatic carbocycles. The maximum Gasteiger partial charge on any atom is 0.247 e. The predicted octanol–water partition coefficient (Wildman–Crippen LogP) is 2.96. The number of anilines is 3. The Hall–Kier alpha value is -2.69. The van der Waals surface area contributed by atoms with Gasteiger partial charge in [0.1, 0.15) is 11.6 Å². The zero-order valence-electron chi connectivity index (χ0n) is 11.5. The summed E-state index contributed by atoms with van der Waals surface area (Å²) in [7, 11) is 0. The van der Waals surface area contributed by atoms with Gasteiger partial charge in [0.05, 0.1) is 0 Å². The highest BCUT2D eigenvalue weighted by Crippen LogP contribution is 2.20. The number of rotatable bonds is 4. The van der Waals surface area contributed by atoms with Gasteiger partial charge in [-0.25, -0.2) is 9.97 Å². The Balaban J connectivity index is 2.21. The molecule has 0 radical (unpaired) electrons. The highest BCUT2D eigenvalue weighted by molar-refractivity contribution is 5.99. The van der Waals surface area contributed by atoms with Gasteiger partial charge in [0, 0.05) is 23.1 Å². The minimum Gasteiger partial charge on any atom is -0.340 e. The summed E-state index contributed by atoms with van der Waals surface area (Å²) in [5, 5.41) is 5.93. The van der Waals surface area contributed by atoms with E-state index in [0.717, 1.165) is 17.1 Å². The van der Waals surface area contributed by atoms with Crippen LogP contribution < -0.4 is 10.6 Å². The number of hydrogen-bond acceptors (Lipinski definition) is 4. The summed E-state index contributed by atoms with van der Waals surface area (Å²) >= 11 is 0. The van der Waals surface area contributed by atoms with Crippen molar-refractivity contribution in [2.45, 2.75) is 13.8 Å². The average molecular weight is 268 g/mol. The van der Waals surface area contributed by atoms with Crippen molar-refractivity contribution < 1.29 is 4.79 Å². The van der Waals surface area contributed by atoms with Gasteiger partial charge in [-0.05, 0) is 38.1 Å². The lowest BCUT2D eigenvalue weighted by molar-refractivity contribution is -0.111. The maximum absolute atomic E-state index is 11.3. The zero-order chi connectivity index (χ0) is 14.5. The van der Waals surface area contributed by atoms with E-state index in [1.165, 1.54) is 6.08 Å². The van der Waals surface area contributed by atoms with Crippen LogP contribution in [0, 0.1) is 13.8 Å². The van der Waals surface area contributed by atoms with Crippen molar-refractivity contribution in [3.8, 4) is 0 Å². The van der Waals surface area contributed by atoms with Gasteiger partial charge in [0.2, 0.25) is 5.91 Å². The number of nitrogens with zero attached hydrogens (tertiary/aromatic N) is 2. The minimum atomic E-state index is -0.240. The second kappa shape index (κ2) is 5.97. The third-order valence-electron chi connectivity index (χ3n) is 2.67. The van der Waals surface area contributed by atoms with E-state index in [1.54, 1.807) is 6.20 Å². The summed E-state index contributed by atoms with van der Waals surface area (Å²) in [6.45, 7) is 7.20. The van der Waals surface area contributed by atoms with Crippen LogP contribution in [0.5, 0.6) is 0 Å². The van der Waals surface area contributed by atoms with Crippen LogP contribution in [0.1, 0.15) is 11.4 Å². The molecule has 102 valence electrons. The number of carbonyl (C=O) groups is 1. The number of benzene rings is 1. The Morgan fingerprint density at radius 2 is 2.05 bits per heavy atom. The molecule has 0 unspecified atom stereocenters. The van der Waals surface area contributed by atoms with Crippen molar-refractivity contribution in [1.29, 1.82) is 0 Å². The quantitative estimate of drug-likeness (QED) is 0.837. The van der Waals surface area contributed by atoms with Gasteiger partial charge in [-0.1, -0.05) is 12.6 Å². The molecular formula is C15H16N4O. The third kappa shape index (κ3) is 3.41. The number of amides is 1. The monoisotopic (exact) mass is 268 g/mol. The molecule has 1 aromatic heterocycles. The molecule has 2 N–H and O–H groups in total. The van der Waals surface area contributed by atoms with Crippen LogP contribution >= 0.6 is 0 Å². The Labute approximate surface area is 117 Å². The van der Waals surface area contributed by atoms with E-state index < -0.39 is 0 Å².